The molecule has 1 atom stereocenters. The maximum Gasteiger partial charge on any atom is 0.188 e. The molecule has 1 unspecified atom stereocenters. The smallest absolute Gasteiger partial charge is 0.188 e. The average Bonchev–Trinajstić information content (AvgIpc) is 2.49. The van der Waals surface area contributed by atoms with Gasteiger partial charge in [-0.25, -0.2) is 4.21 Å². The molecule has 0 spiro atoms. The van der Waals surface area contributed by atoms with Crippen LogP contribution in [0.25, 0.3) is 0 Å². The van der Waals surface area contributed by atoms with Gasteiger partial charge in [-0.05, 0) is 41.1 Å². The molecule has 0 radical (unpaired) electrons. The molecule has 0 heterocycles. The number of hydrogen-bond acceptors (Lipinski definition) is 3. The third-order valence-electron chi connectivity index (χ3n) is 3.10. The van der Waals surface area contributed by atoms with E-state index in [4.69, 9.17) is 4.74 Å². The van der Waals surface area contributed by atoms with Crippen LogP contribution in [0.2, 0.25) is 0 Å². The Morgan fingerprint density at radius 1 is 1.29 bits per heavy atom. The van der Waals surface area contributed by atoms with E-state index in [0.717, 1.165) is 10.2 Å². The van der Waals surface area contributed by atoms with Crippen LogP contribution in [0.3, 0.4) is 0 Å². The second-order valence-electron chi connectivity index (χ2n) is 4.28. The highest BCUT2D eigenvalue weighted by molar-refractivity contribution is 9.10. The zero-order valence-corrected chi connectivity index (χ0v) is 14.1. The van der Waals surface area contributed by atoms with Crippen LogP contribution in [-0.4, -0.2) is 22.4 Å². The van der Waals surface area contributed by atoms with Gasteiger partial charge in [-0.1, -0.05) is 18.2 Å². The molecular weight excluding hydrogens is 354 g/mol. The SMILES string of the molecule is CCN(c1ccccc1)c1cc(Br)c(OC)cc1S(=O)O. The summed E-state index contributed by atoms with van der Waals surface area (Å²) in [6.07, 6.45) is 0. The lowest BCUT2D eigenvalue weighted by molar-refractivity contribution is 0.410. The molecule has 0 aliphatic carbocycles. The maximum atomic E-state index is 11.7. The molecule has 0 saturated carbocycles. The van der Waals surface area contributed by atoms with Crippen LogP contribution in [0.1, 0.15) is 6.92 Å². The van der Waals surface area contributed by atoms with Crippen LogP contribution in [-0.2, 0) is 11.1 Å². The molecule has 0 aliphatic rings. The fourth-order valence-electron chi connectivity index (χ4n) is 2.13. The number of ether oxygens (including phenoxy) is 1. The van der Waals surface area contributed by atoms with Gasteiger partial charge in [0.15, 0.2) is 11.1 Å². The maximum absolute atomic E-state index is 11.7. The van der Waals surface area contributed by atoms with E-state index >= 15 is 0 Å². The molecule has 6 heteroatoms. The van der Waals surface area contributed by atoms with E-state index < -0.39 is 11.1 Å². The normalized spacial score (nSPS) is 12.0. The van der Waals surface area contributed by atoms with Gasteiger partial charge in [-0.15, -0.1) is 0 Å². The summed E-state index contributed by atoms with van der Waals surface area (Å²) in [5, 5.41) is 0. The number of rotatable bonds is 5. The lowest BCUT2D eigenvalue weighted by atomic mass is 10.2. The second-order valence-corrected chi connectivity index (χ2v) is 6.08. The summed E-state index contributed by atoms with van der Waals surface area (Å²) >= 11 is 1.33. The Labute approximate surface area is 135 Å². The van der Waals surface area contributed by atoms with Crippen molar-refractivity contribution in [1.82, 2.24) is 0 Å². The summed E-state index contributed by atoms with van der Waals surface area (Å²) in [5.41, 5.74) is 1.64. The van der Waals surface area contributed by atoms with Crippen molar-refractivity contribution in [3.05, 3.63) is 46.9 Å². The lowest BCUT2D eigenvalue weighted by Crippen LogP contribution is -2.18. The van der Waals surface area contributed by atoms with E-state index in [2.05, 4.69) is 15.9 Å². The first-order valence-electron chi connectivity index (χ1n) is 6.39. The molecule has 4 nitrogen and oxygen atoms in total. The average molecular weight is 370 g/mol. The summed E-state index contributed by atoms with van der Waals surface area (Å²) in [6.45, 7) is 2.67. The molecule has 0 fully saturated rings. The highest BCUT2D eigenvalue weighted by Gasteiger charge is 2.18. The van der Waals surface area contributed by atoms with Gasteiger partial charge in [0.05, 0.1) is 22.2 Å². The Kier molecular flexibility index (Phi) is 5.39. The Morgan fingerprint density at radius 3 is 2.48 bits per heavy atom. The highest BCUT2D eigenvalue weighted by Crippen LogP contribution is 2.37. The Hall–Kier alpha value is -1.37. The van der Waals surface area contributed by atoms with Crippen molar-refractivity contribution in [3.8, 4) is 5.75 Å². The summed E-state index contributed by atoms with van der Waals surface area (Å²) in [5.74, 6) is 0.528. The zero-order valence-electron chi connectivity index (χ0n) is 11.7. The van der Waals surface area contributed by atoms with Crippen molar-refractivity contribution in [2.24, 2.45) is 0 Å². The lowest BCUT2D eigenvalue weighted by Gasteiger charge is -2.25. The predicted molar refractivity (Wildman–Crippen MR) is 88.9 cm³/mol. The fourth-order valence-corrected chi connectivity index (χ4v) is 3.18. The first-order valence-corrected chi connectivity index (χ1v) is 8.29. The number of hydrogen-bond donors (Lipinski definition) is 1. The van der Waals surface area contributed by atoms with Gasteiger partial charge in [0.1, 0.15) is 5.75 Å². The Balaban J connectivity index is 2.60. The van der Waals surface area contributed by atoms with E-state index in [9.17, 15) is 8.76 Å². The molecule has 0 saturated heterocycles. The number of para-hydroxylation sites is 1. The molecule has 0 amide bonds. The van der Waals surface area contributed by atoms with Crippen molar-refractivity contribution in [3.63, 3.8) is 0 Å². The predicted octanol–water partition coefficient (Wildman–Crippen LogP) is 4.20. The molecule has 0 bridgehead atoms. The van der Waals surface area contributed by atoms with Crippen molar-refractivity contribution in [1.29, 1.82) is 0 Å². The minimum absolute atomic E-state index is 0.320. The third-order valence-corrected chi connectivity index (χ3v) is 4.42. The summed E-state index contributed by atoms with van der Waals surface area (Å²) in [6, 6.07) is 13.1. The molecule has 2 aromatic carbocycles. The van der Waals surface area contributed by atoms with E-state index in [1.807, 2.05) is 42.2 Å². The van der Waals surface area contributed by atoms with Crippen molar-refractivity contribution in [2.45, 2.75) is 11.8 Å². The monoisotopic (exact) mass is 369 g/mol. The molecule has 112 valence electrons. The molecule has 0 aliphatic heterocycles. The molecule has 1 N–H and O–H groups in total. The number of anilines is 2. The van der Waals surface area contributed by atoms with E-state index in [0.29, 0.717) is 22.9 Å². The minimum Gasteiger partial charge on any atom is -0.496 e. The molecule has 2 rings (SSSR count). The van der Waals surface area contributed by atoms with Gasteiger partial charge < -0.3 is 14.2 Å². The highest BCUT2D eigenvalue weighted by atomic mass is 79.9. The summed E-state index contributed by atoms with van der Waals surface area (Å²) < 4.78 is 27.2. The van der Waals surface area contributed by atoms with E-state index in [1.165, 1.54) is 7.11 Å². The van der Waals surface area contributed by atoms with Crippen LogP contribution in [0.15, 0.2) is 51.8 Å². The first-order chi connectivity index (χ1) is 10.1. The largest absolute Gasteiger partial charge is 0.496 e. The van der Waals surface area contributed by atoms with Crippen LogP contribution in [0, 0.1) is 0 Å². The van der Waals surface area contributed by atoms with Gasteiger partial charge in [-0.3, -0.25) is 0 Å². The standard InChI is InChI=1S/C15H16BrNO3S/c1-3-17(11-7-5-4-6-8-11)13-9-12(16)14(20-2)10-15(13)21(18)19/h4-10H,3H2,1-2H3,(H,18,19). The molecule has 21 heavy (non-hydrogen) atoms. The Morgan fingerprint density at radius 2 is 1.95 bits per heavy atom. The summed E-state index contributed by atoms with van der Waals surface area (Å²) in [7, 11) is 1.53. The van der Waals surface area contributed by atoms with E-state index in [1.54, 1.807) is 12.1 Å². The van der Waals surface area contributed by atoms with Crippen molar-refractivity contribution < 1.29 is 13.5 Å². The van der Waals surface area contributed by atoms with Crippen molar-refractivity contribution >= 4 is 38.4 Å². The molecule has 2 aromatic rings. The number of nitrogens with zero attached hydrogens (tertiary/aromatic N) is 1. The van der Waals surface area contributed by atoms with Gasteiger partial charge in [0.2, 0.25) is 0 Å². The minimum atomic E-state index is -2.10. The van der Waals surface area contributed by atoms with Gasteiger partial charge in [0.25, 0.3) is 0 Å². The van der Waals surface area contributed by atoms with Crippen LogP contribution in [0.4, 0.5) is 11.4 Å². The van der Waals surface area contributed by atoms with Gasteiger partial charge in [0, 0.05) is 18.3 Å². The number of methoxy groups -OCH3 is 1. The summed E-state index contributed by atoms with van der Waals surface area (Å²) in [4.78, 5) is 2.30. The van der Waals surface area contributed by atoms with Gasteiger partial charge in [-0.2, -0.15) is 0 Å². The Bertz CT molecular complexity index is 649. The topological polar surface area (TPSA) is 49.8 Å². The molecular formula is C15H16BrNO3S. The third kappa shape index (κ3) is 3.45. The van der Waals surface area contributed by atoms with E-state index in [-0.39, 0.29) is 0 Å². The van der Waals surface area contributed by atoms with Gasteiger partial charge >= 0.3 is 0 Å². The van der Waals surface area contributed by atoms with Crippen molar-refractivity contribution in [2.75, 3.05) is 18.6 Å². The first kappa shape index (κ1) is 16.0. The zero-order chi connectivity index (χ0) is 15.4. The number of halogens is 1. The fraction of sp³-hybridized carbons (Fsp3) is 0.200. The quantitative estimate of drug-likeness (QED) is 0.802. The van der Waals surface area contributed by atoms with Crippen LogP contribution in [0.5, 0.6) is 5.75 Å². The van der Waals surface area contributed by atoms with Crippen LogP contribution >= 0.6 is 15.9 Å². The second kappa shape index (κ2) is 7.06. The molecule has 0 aromatic heterocycles. The van der Waals surface area contributed by atoms with Crippen LogP contribution < -0.4 is 9.64 Å². The number of benzene rings is 2.